The third-order valence-electron chi connectivity index (χ3n) is 2.57. The van der Waals surface area contributed by atoms with E-state index < -0.39 is 11.9 Å². The number of nitrogens with zero attached hydrogens (tertiary/aromatic N) is 3. The first-order valence-corrected chi connectivity index (χ1v) is 5.97. The molecule has 0 spiro atoms. The van der Waals surface area contributed by atoms with E-state index in [-0.39, 0.29) is 12.4 Å². The summed E-state index contributed by atoms with van der Waals surface area (Å²) in [6.07, 6.45) is 0. The summed E-state index contributed by atoms with van der Waals surface area (Å²) in [6, 6.07) is 6.26. The van der Waals surface area contributed by atoms with Crippen molar-refractivity contribution in [2.75, 3.05) is 6.61 Å². The van der Waals surface area contributed by atoms with Crippen molar-refractivity contribution in [1.82, 2.24) is 0 Å². The number of Topliss-reactive ketones (excluding diaryl/α,β-unsaturated/α-hetero) is 1. The fourth-order valence-corrected chi connectivity index (χ4v) is 1.43. The van der Waals surface area contributed by atoms with Crippen molar-refractivity contribution in [3.05, 3.63) is 52.4 Å². The highest BCUT2D eigenvalue weighted by Crippen LogP contribution is 2.16. The average molecular weight is 273 g/mol. The minimum absolute atomic E-state index is 0.00261. The molecule has 0 heterocycles. The normalized spacial score (nSPS) is 11.1. The van der Waals surface area contributed by atoms with Gasteiger partial charge >= 0.3 is 5.97 Å². The highest BCUT2D eigenvalue weighted by molar-refractivity contribution is 5.98. The Balaban J connectivity index is 2.66. The monoisotopic (exact) mass is 273 g/mol. The molecule has 104 valence electrons. The molecular weight excluding hydrogens is 258 g/mol. The first-order chi connectivity index (χ1) is 9.45. The van der Waals surface area contributed by atoms with Gasteiger partial charge in [0.05, 0.1) is 5.92 Å². The third-order valence-corrected chi connectivity index (χ3v) is 2.57. The topological polar surface area (TPSA) is 92.1 Å². The van der Waals surface area contributed by atoms with Crippen LogP contribution in [0.25, 0.3) is 10.4 Å². The van der Waals surface area contributed by atoms with Gasteiger partial charge in [-0.3, -0.25) is 4.79 Å². The first-order valence-electron chi connectivity index (χ1n) is 5.97. The van der Waals surface area contributed by atoms with Gasteiger partial charge in [-0.05, 0) is 12.5 Å². The van der Waals surface area contributed by atoms with E-state index in [1.807, 2.05) is 0 Å². The minimum atomic E-state index is -0.511. The molecule has 0 aliphatic rings. The maximum atomic E-state index is 12.1. The summed E-state index contributed by atoms with van der Waals surface area (Å²) >= 11 is 0. The Kier molecular flexibility index (Phi) is 5.50. The number of azide groups is 1. The van der Waals surface area contributed by atoms with E-state index >= 15 is 0 Å². The van der Waals surface area contributed by atoms with Gasteiger partial charge in [-0.1, -0.05) is 42.9 Å². The smallest absolute Gasteiger partial charge is 0.333 e. The van der Waals surface area contributed by atoms with E-state index in [0.29, 0.717) is 16.8 Å². The molecule has 0 saturated carbocycles. The van der Waals surface area contributed by atoms with E-state index in [1.54, 1.807) is 38.1 Å². The Labute approximate surface area is 116 Å². The molecule has 0 N–H and O–H groups in total. The van der Waals surface area contributed by atoms with E-state index in [4.69, 9.17) is 10.3 Å². The average Bonchev–Trinajstić information content (AvgIpc) is 2.44. The third kappa shape index (κ3) is 4.26. The Hall–Kier alpha value is -2.59. The number of hydrogen-bond acceptors (Lipinski definition) is 4. The zero-order chi connectivity index (χ0) is 15.1. The maximum absolute atomic E-state index is 12.1. The second kappa shape index (κ2) is 7.11. The number of carbonyl (C=O) groups excluding carboxylic acids is 2. The molecule has 0 bridgehead atoms. The van der Waals surface area contributed by atoms with Crippen LogP contribution in [-0.2, 0) is 9.53 Å². The van der Waals surface area contributed by atoms with Crippen LogP contribution in [0.4, 0.5) is 5.69 Å². The fourth-order valence-electron chi connectivity index (χ4n) is 1.43. The van der Waals surface area contributed by atoms with Crippen LogP contribution in [-0.4, -0.2) is 18.4 Å². The Morgan fingerprint density at radius 2 is 2.00 bits per heavy atom. The lowest BCUT2D eigenvalue weighted by Gasteiger charge is -2.11. The molecule has 20 heavy (non-hydrogen) atoms. The van der Waals surface area contributed by atoms with Crippen molar-refractivity contribution in [3.63, 3.8) is 0 Å². The number of carbonyl (C=O) groups is 2. The maximum Gasteiger partial charge on any atom is 0.333 e. The van der Waals surface area contributed by atoms with Gasteiger partial charge in [0.15, 0.2) is 5.78 Å². The molecule has 0 aliphatic carbocycles. The second-order valence-electron chi connectivity index (χ2n) is 4.38. The standard InChI is InChI=1S/C14H15N3O3/c1-9(2)14(19)20-8-10(3)13(18)11-4-6-12(7-5-11)16-17-15/h4-7,10H,1,8H2,2-3H3. The van der Waals surface area contributed by atoms with Crippen molar-refractivity contribution in [2.45, 2.75) is 13.8 Å². The number of ether oxygens (including phenoxy) is 1. The zero-order valence-corrected chi connectivity index (χ0v) is 11.4. The molecule has 0 fully saturated rings. The highest BCUT2D eigenvalue weighted by atomic mass is 16.5. The zero-order valence-electron chi connectivity index (χ0n) is 11.4. The molecule has 1 aromatic rings. The molecular formula is C14H15N3O3. The lowest BCUT2D eigenvalue weighted by molar-refractivity contribution is -0.139. The number of benzene rings is 1. The molecule has 1 rings (SSSR count). The number of ketones is 1. The number of esters is 1. The van der Waals surface area contributed by atoms with Crippen molar-refractivity contribution >= 4 is 17.4 Å². The van der Waals surface area contributed by atoms with E-state index in [1.165, 1.54) is 0 Å². The second-order valence-corrected chi connectivity index (χ2v) is 4.38. The summed E-state index contributed by atoms with van der Waals surface area (Å²) in [6.45, 7) is 6.69. The van der Waals surface area contributed by atoms with E-state index in [0.717, 1.165) is 0 Å². The SMILES string of the molecule is C=C(C)C(=O)OCC(C)C(=O)c1ccc(N=[N+]=[N-])cc1. The Bertz CT molecular complexity index is 572. The molecule has 0 aliphatic heterocycles. The molecule has 6 heteroatoms. The van der Waals surface area contributed by atoms with Crippen molar-refractivity contribution in [1.29, 1.82) is 0 Å². The summed E-state index contributed by atoms with van der Waals surface area (Å²) in [4.78, 5) is 26.0. The summed E-state index contributed by atoms with van der Waals surface area (Å²) in [7, 11) is 0. The van der Waals surface area contributed by atoms with Crippen LogP contribution in [0, 0.1) is 5.92 Å². The van der Waals surface area contributed by atoms with Gasteiger partial charge in [-0.2, -0.15) is 0 Å². The van der Waals surface area contributed by atoms with Crippen LogP contribution in [0.1, 0.15) is 24.2 Å². The van der Waals surface area contributed by atoms with Crippen molar-refractivity contribution < 1.29 is 14.3 Å². The molecule has 0 aromatic heterocycles. The van der Waals surface area contributed by atoms with E-state index in [2.05, 4.69) is 16.6 Å². The van der Waals surface area contributed by atoms with Crippen LogP contribution in [0.5, 0.6) is 0 Å². The van der Waals surface area contributed by atoms with Crippen molar-refractivity contribution in [3.8, 4) is 0 Å². The van der Waals surface area contributed by atoms with Gasteiger partial charge in [-0.15, -0.1) is 0 Å². The first kappa shape index (κ1) is 15.5. The Morgan fingerprint density at radius 1 is 1.40 bits per heavy atom. The van der Waals surface area contributed by atoms with Crippen LogP contribution in [0.15, 0.2) is 41.5 Å². The molecule has 1 aromatic carbocycles. The summed E-state index contributed by atoms with van der Waals surface area (Å²) in [5.74, 6) is -1.11. The number of hydrogen-bond donors (Lipinski definition) is 0. The predicted molar refractivity (Wildman–Crippen MR) is 74.5 cm³/mol. The lowest BCUT2D eigenvalue weighted by Crippen LogP contribution is -2.19. The van der Waals surface area contributed by atoms with Gasteiger partial charge in [0.2, 0.25) is 0 Å². The molecule has 1 atom stereocenters. The summed E-state index contributed by atoms with van der Waals surface area (Å²) in [5.41, 5.74) is 9.49. The Morgan fingerprint density at radius 3 is 2.50 bits per heavy atom. The fraction of sp³-hybridized carbons (Fsp3) is 0.286. The largest absolute Gasteiger partial charge is 0.462 e. The molecule has 0 saturated heterocycles. The van der Waals surface area contributed by atoms with Gasteiger partial charge in [0.25, 0.3) is 0 Å². The van der Waals surface area contributed by atoms with Gasteiger partial charge in [0.1, 0.15) is 6.61 Å². The molecule has 6 nitrogen and oxygen atoms in total. The van der Waals surface area contributed by atoms with Gasteiger partial charge < -0.3 is 4.74 Å². The van der Waals surface area contributed by atoms with Crippen molar-refractivity contribution in [2.24, 2.45) is 11.0 Å². The van der Waals surface area contributed by atoms with E-state index in [9.17, 15) is 9.59 Å². The summed E-state index contributed by atoms with van der Waals surface area (Å²) < 4.78 is 4.94. The van der Waals surface area contributed by atoms with Crippen LogP contribution < -0.4 is 0 Å². The quantitative estimate of drug-likeness (QED) is 0.198. The van der Waals surface area contributed by atoms with Gasteiger partial charge in [0, 0.05) is 21.7 Å². The molecule has 0 radical (unpaired) electrons. The summed E-state index contributed by atoms with van der Waals surface area (Å²) in [5, 5.41) is 3.42. The molecule has 1 unspecified atom stereocenters. The van der Waals surface area contributed by atoms with Gasteiger partial charge in [-0.25, -0.2) is 4.79 Å². The predicted octanol–water partition coefficient (Wildman–Crippen LogP) is 3.57. The van der Waals surface area contributed by atoms with Crippen LogP contribution in [0.3, 0.4) is 0 Å². The van der Waals surface area contributed by atoms with Crippen LogP contribution in [0.2, 0.25) is 0 Å². The lowest BCUT2D eigenvalue weighted by atomic mass is 10.00. The van der Waals surface area contributed by atoms with Crippen LogP contribution >= 0.6 is 0 Å². The minimum Gasteiger partial charge on any atom is -0.462 e. The highest BCUT2D eigenvalue weighted by Gasteiger charge is 2.17. The molecule has 0 amide bonds. The number of rotatable bonds is 6.